The molecule has 0 unspecified atom stereocenters. The van der Waals surface area contributed by atoms with Gasteiger partial charge in [-0.1, -0.05) is 45.9 Å². The van der Waals surface area contributed by atoms with Crippen molar-refractivity contribution in [2.75, 3.05) is 0 Å². The lowest BCUT2D eigenvalue weighted by Gasteiger charge is -2.03. The van der Waals surface area contributed by atoms with E-state index in [0.29, 0.717) is 0 Å². The summed E-state index contributed by atoms with van der Waals surface area (Å²) in [4.78, 5) is 11.1. The third-order valence-corrected chi connectivity index (χ3v) is 6.79. The van der Waals surface area contributed by atoms with Gasteiger partial charge < -0.3 is 0 Å². The molecule has 0 saturated carbocycles. The van der Waals surface area contributed by atoms with Gasteiger partial charge in [-0.3, -0.25) is 9.98 Å². The smallest absolute Gasteiger partial charge is 0.123 e. The highest BCUT2D eigenvalue weighted by atomic mass is 33.1. The van der Waals surface area contributed by atoms with Gasteiger partial charge in [0.05, 0.1) is 11.4 Å². The first-order valence-corrected chi connectivity index (χ1v) is 11.9. The van der Waals surface area contributed by atoms with E-state index in [4.69, 9.17) is 0 Å². The molecule has 4 aromatic carbocycles. The molecular formula is C26H18F2N2S2. The minimum atomic E-state index is -0.256. The normalized spacial score (nSPS) is 11.4. The topological polar surface area (TPSA) is 24.7 Å². The molecule has 0 spiro atoms. The standard InChI is InChI=1S/C26H18F2N2S2/c27-21-5-1-19(2-6-21)17-29-23-9-13-25(14-10-23)31-32-26-15-11-24(12-16-26)30-18-20-3-7-22(28)8-4-20/h1-18H. The van der Waals surface area contributed by atoms with Crippen LogP contribution in [0, 0.1) is 11.6 Å². The molecule has 0 bridgehead atoms. The van der Waals surface area contributed by atoms with E-state index >= 15 is 0 Å². The van der Waals surface area contributed by atoms with Crippen molar-refractivity contribution in [1.82, 2.24) is 0 Å². The van der Waals surface area contributed by atoms with Gasteiger partial charge in [-0.2, -0.15) is 0 Å². The molecule has 0 heterocycles. The summed E-state index contributed by atoms with van der Waals surface area (Å²) in [5, 5.41) is 0. The number of halogens is 2. The van der Waals surface area contributed by atoms with E-state index in [0.717, 1.165) is 32.3 Å². The Morgan fingerprint density at radius 2 is 0.812 bits per heavy atom. The summed E-state index contributed by atoms with van der Waals surface area (Å²) in [6, 6.07) is 28.4. The molecule has 2 nitrogen and oxygen atoms in total. The molecule has 0 saturated heterocycles. The molecule has 158 valence electrons. The van der Waals surface area contributed by atoms with E-state index in [1.54, 1.807) is 58.3 Å². The molecule has 0 radical (unpaired) electrons. The molecule has 0 aliphatic carbocycles. The van der Waals surface area contributed by atoms with Gasteiger partial charge >= 0.3 is 0 Å². The summed E-state index contributed by atoms with van der Waals surface area (Å²) in [5.74, 6) is -0.512. The van der Waals surface area contributed by atoms with Crippen molar-refractivity contribution in [3.05, 3.63) is 120 Å². The molecule has 6 heteroatoms. The van der Waals surface area contributed by atoms with Crippen molar-refractivity contribution in [1.29, 1.82) is 0 Å². The summed E-state index contributed by atoms with van der Waals surface area (Å²) in [5.41, 5.74) is 3.38. The minimum Gasteiger partial charge on any atom is -0.256 e. The Hall–Kier alpha value is -3.22. The van der Waals surface area contributed by atoms with Gasteiger partial charge in [0.2, 0.25) is 0 Å². The Kier molecular flexibility index (Phi) is 7.48. The van der Waals surface area contributed by atoms with E-state index < -0.39 is 0 Å². The van der Waals surface area contributed by atoms with Crippen molar-refractivity contribution in [2.24, 2.45) is 9.98 Å². The van der Waals surface area contributed by atoms with Crippen molar-refractivity contribution in [2.45, 2.75) is 9.79 Å². The second-order valence-electron chi connectivity index (χ2n) is 6.77. The zero-order valence-corrected chi connectivity index (χ0v) is 18.5. The SMILES string of the molecule is Fc1ccc(C=Nc2ccc(SSc3ccc(N=Cc4ccc(F)cc4)cc3)cc2)cc1. The maximum Gasteiger partial charge on any atom is 0.123 e. The highest BCUT2D eigenvalue weighted by Gasteiger charge is 1.99. The molecule has 4 rings (SSSR count). The molecule has 32 heavy (non-hydrogen) atoms. The number of hydrogen-bond donors (Lipinski definition) is 0. The van der Waals surface area contributed by atoms with Gasteiger partial charge in [0.15, 0.2) is 0 Å². The Morgan fingerprint density at radius 1 is 0.469 bits per heavy atom. The van der Waals surface area contributed by atoms with Crippen molar-refractivity contribution in [3.63, 3.8) is 0 Å². The van der Waals surface area contributed by atoms with Gasteiger partial charge in [0.25, 0.3) is 0 Å². The van der Waals surface area contributed by atoms with Crippen LogP contribution >= 0.6 is 21.6 Å². The molecule has 0 aromatic heterocycles. The lowest BCUT2D eigenvalue weighted by atomic mass is 10.2. The second-order valence-corrected chi connectivity index (χ2v) is 9.05. The first kappa shape index (κ1) is 22.0. The van der Waals surface area contributed by atoms with E-state index in [2.05, 4.69) is 9.98 Å². The second kappa shape index (κ2) is 10.9. The van der Waals surface area contributed by atoms with E-state index in [-0.39, 0.29) is 11.6 Å². The molecule has 0 aliphatic rings. The van der Waals surface area contributed by atoms with Gasteiger partial charge in [-0.25, -0.2) is 8.78 Å². The van der Waals surface area contributed by atoms with Gasteiger partial charge in [-0.05, 0) is 83.9 Å². The predicted molar refractivity (Wildman–Crippen MR) is 132 cm³/mol. The van der Waals surface area contributed by atoms with Crippen LogP contribution in [0.4, 0.5) is 20.2 Å². The van der Waals surface area contributed by atoms with Crippen molar-refractivity contribution in [3.8, 4) is 0 Å². The number of hydrogen-bond acceptors (Lipinski definition) is 4. The average Bonchev–Trinajstić information content (AvgIpc) is 2.83. The Morgan fingerprint density at radius 3 is 1.16 bits per heavy atom. The van der Waals surface area contributed by atoms with Crippen LogP contribution in [-0.2, 0) is 0 Å². The maximum absolute atomic E-state index is 13.0. The Bertz CT molecular complexity index is 1100. The summed E-state index contributed by atoms with van der Waals surface area (Å²) in [6.45, 7) is 0. The fourth-order valence-electron chi connectivity index (χ4n) is 2.67. The van der Waals surface area contributed by atoms with Gasteiger partial charge in [0.1, 0.15) is 11.6 Å². The minimum absolute atomic E-state index is 0.256. The summed E-state index contributed by atoms with van der Waals surface area (Å²) in [7, 11) is 3.33. The van der Waals surface area contributed by atoms with Crippen LogP contribution in [0.1, 0.15) is 11.1 Å². The maximum atomic E-state index is 13.0. The Labute approximate surface area is 193 Å². The lowest BCUT2D eigenvalue weighted by molar-refractivity contribution is 0.627. The fraction of sp³-hybridized carbons (Fsp3) is 0. The predicted octanol–water partition coefficient (Wildman–Crippen LogP) is 8.27. The van der Waals surface area contributed by atoms with Crippen LogP contribution in [-0.4, -0.2) is 12.4 Å². The third-order valence-electron chi connectivity index (χ3n) is 4.37. The number of aliphatic imine (C=N–C) groups is 2. The van der Waals surface area contributed by atoms with Crippen LogP contribution < -0.4 is 0 Å². The number of nitrogens with zero attached hydrogens (tertiary/aromatic N) is 2. The fourth-order valence-corrected chi connectivity index (χ4v) is 4.60. The summed E-state index contributed by atoms with van der Waals surface area (Å²) >= 11 is 0. The number of rotatable bonds is 7. The van der Waals surface area contributed by atoms with Crippen LogP contribution in [0.5, 0.6) is 0 Å². The van der Waals surface area contributed by atoms with Crippen molar-refractivity contribution >= 4 is 45.4 Å². The number of benzene rings is 4. The molecule has 0 fully saturated rings. The van der Waals surface area contributed by atoms with Gasteiger partial charge in [0, 0.05) is 22.2 Å². The molecule has 0 atom stereocenters. The highest BCUT2D eigenvalue weighted by molar-refractivity contribution is 8.76. The monoisotopic (exact) mass is 460 g/mol. The first-order chi connectivity index (χ1) is 15.6. The molecular weight excluding hydrogens is 442 g/mol. The Balaban J connectivity index is 1.29. The zero-order chi connectivity index (χ0) is 22.2. The zero-order valence-electron chi connectivity index (χ0n) is 16.9. The van der Waals surface area contributed by atoms with Crippen LogP contribution in [0.3, 0.4) is 0 Å². The molecule has 0 N–H and O–H groups in total. The molecule has 0 amide bonds. The summed E-state index contributed by atoms with van der Waals surface area (Å²) in [6.07, 6.45) is 3.44. The van der Waals surface area contributed by atoms with Crippen LogP contribution in [0.25, 0.3) is 0 Å². The molecule has 0 aliphatic heterocycles. The first-order valence-electron chi connectivity index (χ1n) is 9.78. The average molecular weight is 461 g/mol. The van der Waals surface area contributed by atoms with E-state index in [9.17, 15) is 8.78 Å². The quantitative estimate of drug-likeness (QED) is 0.205. The highest BCUT2D eigenvalue weighted by Crippen LogP contribution is 2.38. The third kappa shape index (κ3) is 6.64. The van der Waals surface area contributed by atoms with Crippen LogP contribution in [0.15, 0.2) is 117 Å². The van der Waals surface area contributed by atoms with Gasteiger partial charge in [-0.15, -0.1) is 0 Å². The largest absolute Gasteiger partial charge is 0.256 e. The van der Waals surface area contributed by atoms with Crippen LogP contribution in [0.2, 0.25) is 0 Å². The lowest BCUT2D eigenvalue weighted by Crippen LogP contribution is -1.81. The van der Waals surface area contributed by atoms with E-state index in [1.807, 2.05) is 48.5 Å². The molecule has 4 aromatic rings. The summed E-state index contributed by atoms with van der Waals surface area (Å²) < 4.78 is 25.9. The van der Waals surface area contributed by atoms with Crippen molar-refractivity contribution < 1.29 is 8.78 Å². The van der Waals surface area contributed by atoms with E-state index in [1.165, 1.54) is 24.3 Å².